The first-order valence-electron chi connectivity index (χ1n) is 10.9. The Hall–Kier alpha value is -2.81. The van der Waals surface area contributed by atoms with Crippen LogP contribution in [0.25, 0.3) is 11.0 Å². The quantitative estimate of drug-likeness (QED) is 0.766. The molecular weight excluding hydrogens is 398 g/mol. The van der Waals surface area contributed by atoms with Crippen LogP contribution in [0, 0.1) is 11.3 Å². The second-order valence-electron chi connectivity index (χ2n) is 9.45. The van der Waals surface area contributed by atoms with Gasteiger partial charge in [-0.15, -0.1) is 0 Å². The Kier molecular flexibility index (Phi) is 4.80. The van der Waals surface area contributed by atoms with Crippen LogP contribution in [-0.2, 0) is 14.3 Å². The predicted molar refractivity (Wildman–Crippen MR) is 111 cm³/mol. The Morgan fingerprint density at radius 1 is 1.26 bits per heavy atom. The number of ketones is 1. The van der Waals surface area contributed by atoms with E-state index in [1.165, 1.54) is 0 Å². The molecular formula is C22H27N5O4. The lowest BCUT2D eigenvalue weighted by molar-refractivity contribution is -0.140. The molecule has 2 saturated heterocycles. The smallest absolute Gasteiger partial charge is 0.252 e. The minimum atomic E-state index is -0.699. The normalized spacial score (nSPS) is 28.1. The van der Waals surface area contributed by atoms with Crippen LogP contribution in [0.15, 0.2) is 18.2 Å². The van der Waals surface area contributed by atoms with Crippen molar-refractivity contribution in [2.24, 2.45) is 11.3 Å². The maximum Gasteiger partial charge on any atom is 0.252 e. The van der Waals surface area contributed by atoms with E-state index in [0.717, 1.165) is 25.7 Å². The first-order valence-corrected chi connectivity index (χ1v) is 10.9. The molecule has 1 aromatic heterocycles. The van der Waals surface area contributed by atoms with Gasteiger partial charge in [0.25, 0.3) is 5.91 Å². The van der Waals surface area contributed by atoms with E-state index in [0.29, 0.717) is 23.1 Å². The van der Waals surface area contributed by atoms with E-state index in [9.17, 15) is 14.4 Å². The predicted octanol–water partition coefficient (Wildman–Crippen LogP) is 1.45. The summed E-state index contributed by atoms with van der Waals surface area (Å²) in [5.41, 5.74) is 1.33. The molecule has 9 nitrogen and oxygen atoms in total. The number of hydrogen-bond acceptors (Lipinski definition) is 6. The summed E-state index contributed by atoms with van der Waals surface area (Å²) < 4.78 is 5.65. The molecule has 1 aromatic carbocycles. The summed E-state index contributed by atoms with van der Waals surface area (Å²) in [7, 11) is 0. The molecule has 2 aliphatic heterocycles. The number of fused-ring (bicyclic) bond motifs is 2. The molecule has 9 heteroatoms. The third-order valence-corrected chi connectivity index (χ3v) is 7.27. The van der Waals surface area contributed by atoms with Gasteiger partial charge in [0.1, 0.15) is 29.7 Å². The number of benzene rings is 1. The minimum Gasteiger partial charge on any atom is -0.367 e. The molecule has 1 saturated carbocycles. The van der Waals surface area contributed by atoms with Gasteiger partial charge in [-0.1, -0.05) is 26.7 Å². The molecule has 2 aromatic rings. The van der Waals surface area contributed by atoms with Gasteiger partial charge in [0.15, 0.2) is 5.78 Å². The number of carbonyl (C=O) groups excluding carboxylic acids is 3. The molecule has 3 aliphatic rings. The molecule has 0 spiro atoms. The Morgan fingerprint density at radius 2 is 2.00 bits per heavy atom. The Balaban J connectivity index is 1.44. The van der Waals surface area contributed by atoms with Crippen LogP contribution < -0.4 is 5.32 Å². The number of nitrogens with one attached hydrogen (secondary N) is 2. The summed E-state index contributed by atoms with van der Waals surface area (Å²) in [6.45, 7) is 4.58. The van der Waals surface area contributed by atoms with Crippen LogP contribution >= 0.6 is 0 Å². The van der Waals surface area contributed by atoms with Crippen molar-refractivity contribution in [3.8, 4) is 0 Å². The molecule has 0 bridgehead atoms. The highest BCUT2D eigenvalue weighted by Crippen LogP contribution is 2.42. The number of aromatic nitrogens is 3. The lowest BCUT2D eigenvalue weighted by atomic mass is 9.79. The molecule has 3 fully saturated rings. The zero-order valence-electron chi connectivity index (χ0n) is 17.8. The second-order valence-corrected chi connectivity index (χ2v) is 9.45. The summed E-state index contributed by atoms with van der Waals surface area (Å²) in [5, 5.41) is 13.6. The first kappa shape index (κ1) is 20.1. The largest absolute Gasteiger partial charge is 0.367 e. The lowest BCUT2D eigenvalue weighted by Crippen LogP contribution is -2.57. The molecule has 3 heterocycles. The molecule has 31 heavy (non-hydrogen) atoms. The third-order valence-electron chi connectivity index (χ3n) is 7.27. The van der Waals surface area contributed by atoms with Gasteiger partial charge >= 0.3 is 0 Å². The van der Waals surface area contributed by atoms with E-state index in [1.807, 2.05) is 6.92 Å². The summed E-state index contributed by atoms with van der Waals surface area (Å²) in [4.78, 5) is 41.1. The minimum absolute atomic E-state index is 0.0511. The molecule has 1 aliphatic carbocycles. The molecule has 4 atom stereocenters. The molecule has 2 N–H and O–H groups in total. The number of ether oxygens (including phenoxy) is 1. The Labute approximate surface area is 179 Å². The van der Waals surface area contributed by atoms with Crippen LogP contribution in [0.5, 0.6) is 0 Å². The van der Waals surface area contributed by atoms with Crippen molar-refractivity contribution in [2.75, 3.05) is 13.2 Å². The number of Topliss-reactive ketones (excluding diaryl/α,β-unsaturated/α-hetero) is 1. The van der Waals surface area contributed by atoms with Gasteiger partial charge < -0.3 is 15.0 Å². The van der Waals surface area contributed by atoms with Gasteiger partial charge in [-0.05, 0) is 36.5 Å². The van der Waals surface area contributed by atoms with Crippen LogP contribution in [0.3, 0.4) is 0 Å². The third kappa shape index (κ3) is 3.31. The first-order chi connectivity index (χ1) is 14.9. The summed E-state index contributed by atoms with van der Waals surface area (Å²) in [6.07, 6.45) is 3.50. The van der Waals surface area contributed by atoms with Crippen molar-refractivity contribution in [3.63, 3.8) is 0 Å². The van der Waals surface area contributed by atoms with E-state index in [1.54, 1.807) is 23.1 Å². The summed E-state index contributed by atoms with van der Waals surface area (Å²) in [5.74, 6) is -0.476. The average Bonchev–Trinajstić information content (AvgIpc) is 3.52. The van der Waals surface area contributed by atoms with Crippen LogP contribution in [0.2, 0.25) is 0 Å². The number of likely N-dealkylation sites (tertiary alicyclic amines) is 1. The van der Waals surface area contributed by atoms with Crippen molar-refractivity contribution >= 4 is 28.6 Å². The number of aromatic amines is 1. The number of hydrogen-bond donors (Lipinski definition) is 2. The van der Waals surface area contributed by atoms with E-state index in [2.05, 4.69) is 27.7 Å². The summed E-state index contributed by atoms with van der Waals surface area (Å²) in [6, 6.07) is 3.83. The second kappa shape index (κ2) is 7.40. The fourth-order valence-corrected chi connectivity index (χ4v) is 5.49. The van der Waals surface area contributed by atoms with E-state index in [-0.39, 0.29) is 41.6 Å². The van der Waals surface area contributed by atoms with Crippen LogP contribution in [0.4, 0.5) is 0 Å². The zero-order valence-corrected chi connectivity index (χ0v) is 17.8. The van der Waals surface area contributed by atoms with Crippen LogP contribution in [0.1, 0.15) is 49.9 Å². The topological polar surface area (TPSA) is 117 Å². The van der Waals surface area contributed by atoms with Crippen molar-refractivity contribution in [1.82, 2.24) is 25.6 Å². The summed E-state index contributed by atoms with van der Waals surface area (Å²) >= 11 is 0. The van der Waals surface area contributed by atoms with Gasteiger partial charge in [0, 0.05) is 18.0 Å². The van der Waals surface area contributed by atoms with Crippen molar-refractivity contribution in [2.45, 2.75) is 57.7 Å². The van der Waals surface area contributed by atoms with E-state index in [4.69, 9.17) is 4.74 Å². The highest BCUT2D eigenvalue weighted by Gasteiger charge is 2.54. The molecule has 0 unspecified atom stereocenters. The molecule has 0 radical (unpaired) electrons. The average molecular weight is 425 g/mol. The Bertz CT molecular complexity index is 1040. The number of amides is 2. The van der Waals surface area contributed by atoms with Gasteiger partial charge in [-0.25, -0.2) is 0 Å². The zero-order chi connectivity index (χ0) is 21.8. The fraction of sp³-hybridized carbons (Fsp3) is 0.591. The van der Waals surface area contributed by atoms with Gasteiger partial charge in [0.2, 0.25) is 5.91 Å². The van der Waals surface area contributed by atoms with E-state index < -0.39 is 12.1 Å². The van der Waals surface area contributed by atoms with Gasteiger partial charge in [-0.2, -0.15) is 15.4 Å². The highest BCUT2D eigenvalue weighted by molar-refractivity contribution is 6.01. The van der Waals surface area contributed by atoms with Gasteiger partial charge in [-0.3, -0.25) is 14.4 Å². The SMILES string of the molecule is C[C@H]1CN(C(=O)[C@@H](NC(=O)c2ccc3n[nH]nc3c2)C2(C)CCCC2)[C@@H]2C(=O)CO[C@@H]21. The fourth-order valence-electron chi connectivity index (χ4n) is 5.49. The number of rotatable bonds is 4. The molecule has 164 valence electrons. The number of nitrogens with zero attached hydrogens (tertiary/aromatic N) is 3. The monoisotopic (exact) mass is 425 g/mol. The lowest BCUT2D eigenvalue weighted by Gasteiger charge is -2.37. The standard InChI is InChI=1S/C22H27N5O4/c1-12-10-27(17-16(28)11-31-18(12)17)21(30)19(22(2)7-3-4-8-22)23-20(29)13-5-6-14-15(9-13)25-26-24-14/h5-6,9,12,17-19H,3-4,7-8,10-11H2,1-2H3,(H,23,29)(H,24,25,26)/t12-,17+,18+,19+/m0/s1. The highest BCUT2D eigenvalue weighted by atomic mass is 16.5. The molecule has 2 amide bonds. The van der Waals surface area contributed by atoms with Crippen molar-refractivity contribution in [3.05, 3.63) is 23.8 Å². The van der Waals surface area contributed by atoms with Crippen molar-refractivity contribution in [1.29, 1.82) is 0 Å². The Morgan fingerprint density at radius 3 is 2.77 bits per heavy atom. The maximum absolute atomic E-state index is 13.8. The molecule has 5 rings (SSSR count). The maximum atomic E-state index is 13.8. The number of carbonyl (C=O) groups is 3. The van der Waals surface area contributed by atoms with Gasteiger partial charge in [0.05, 0.1) is 6.10 Å². The number of H-pyrrole nitrogens is 1. The van der Waals surface area contributed by atoms with Crippen molar-refractivity contribution < 1.29 is 19.1 Å². The van der Waals surface area contributed by atoms with E-state index >= 15 is 0 Å². The van der Waals surface area contributed by atoms with Crippen LogP contribution in [-0.4, -0.2) is 69.2 Å².